The molecule has 1 aliphatic heterocycles. The molecule has 2 rings (SSSR count). The van der Waals surface area contributed by atoms with E-state index in [1.54, 1.807) is 18.2 Å². The highest BCUT2D eigenvalue weighted by Crippen LogP contribution is 2.32. The fraction of sp³-hybridized carbons (Fsp3) is 0.167. The minimum atomic E-state index is -0.339. The van der Waals surface area contributed by atoms with Gasteiger partial charge in [0.2, 0.25) is 5.91 Å². The third kappa shape index (κ3) is 5.72. The highest BCUT2D eigenvalue weighted by molar-refractivity contribution is 9.10. The summed E-state index contributed by atoms with van der Waals surface area (Å²) >= 11 is 4.28. The van der Waals surface area contributed by atoms with E-state index < -0.39 is 0 Å². The zero-order valence-corrected chi connectivity index (χ0v) is 16.0. The molecule has 0 aliphatic carbocycles. The normalized spacial score (nSPS) is 16.6. The van der Waals surface area contributed by atoms with E-state index in [0.717, 1.165) is 26.7 Å². The average Bonchev–Trinajstić information content (AvgIpc) is 2.82. The molecule has 0 radical (unpaired) electrons. The van der Waals surface area contributed by atoms with Crippen LogP contribution in [0.25, 0.3) is 6.08 Å². The molecule has 0 spiro atoms. The molecule has 1 aliphatic rings. The Morgan fingerprint density at radius 1 is 1.32 bits per heavy atom. The molecule has 0 aromatic heterocycles. The lowest BCUT2D eigenvalue weighted by Gasteiger charge is -2.12. The van der Waals surface area contributed by atoms with Gasteiger partial charge in [0.15, 0.2) is 0 Å². The maximum absolute atomic E-state index is 12.4. The molecule has 0 bridgehead atoms. The lowest BCUT2D eigenvalue weighted by atomic mass is 10.2. The van der Waals surface area contributed by atoms with Gasteiger partial charge < -0.3 is 5.32 Å². The van der Waals surface area contributed by atoms with E-state index in [-0.39, 0.29) is 30.1 Å². The smallest absolute Gasteiger partial charge is 0.293 e. The van der Waals surface area contributed by atoms with E-state index in [9.17, 15) is 14.4 Å². The molecule has 130 valence electrons. The van der Waals surface area contributed by atoms with E-state index in [1.807, 2.05) is 37.3 Å². The Morgan fingerprint density at radius 3 is 2.84 bits per heavy atom. The maximum Gasteiger partial charge on any atom is 0.293 e. The second-order valence-corrected chi connectivity index (χ2v) is 6.97. The Bertz CT molecular complexity index is 771. The first-order valence-corrected chi connectivity index (χ1v) is 9.20. The van der Waals surface area contributed by atoms with Crippen LogP contribution in [0.1, 0.15) is 12.5 Å². The summed E-state index contributed by atoms with van der Waals surface area (Å²) in [5.74, 6) is -0.608. The summed E-state index contributed by atoms with van der Waals surface area (Å²) in [7, 11) is 0. The summed E-state index contributed by atoms with van der Waals surface area (Å²) in [4.78, 5) is 37.5. The number of nitrogens with one attached hydrogen (secondary N) is 1. The van der Waals surface area contributed by atoms with Crippen LogP contribution in [0.5, 0.6) is 0 Å². The van der Waals surface area contributed by atoms with Gasteiger partial charge in [-0.1, -0.05) is 46.3 Å². The number of amides is 3. The van der Waals surface area contributed by atoms with Crippen LogP contribution in [0.4, 0.5) is 4.79 Å². The predicted octanol–water partition coefficient (Wildman–Crippen LogP) is 3.73. The Hall–Kier alpha value is -2.12. The van der Waals surface area contributed by atoms with Gasteiger partial charge in [0.1, 0.15) is 0 Å². The van der Waals surface area contributed by atoms with E-state index in [1.165, 1.54) is 6.08 Å². The summed E-state index contributed by atoms with van der Waals surface area (Å²) in [6.45, 7) is 2.20. The van der Waals surface area contributed by atoms with Crippen LogP contribution >= 0.6 is 27.7 Å². The number of thioether (sulfide) groups is 1. The first-order chi connectivity index (χ1) is 12.0. The predicted molar refractivity (Wildman–Crippen MR) is 104 cm³/mol. The van der Waals surface area contributed by atoms with Crippen LogP contribution < -0.4 is 5.32 Å². The number of rotatable bonds is 6. The average molecular weight is 421 g/mol. The van der Waals surface area contributed by atoms with Gasteiger partial charge in [-0.3, -0.25) is 19.3 Å². The summed E-state index contributed by atoms with van der Waals surface area (Å²) in [6, 6.07) is 7.47. The van der Waals surface area contributed by atoms with E-state index in [0.29, 0.717) is 4.91 Å². The molecule has 1 aromatic rings. The van der Waals surface area contributed by atoms with Crippen LogP contribution in [0.15, 0.2) is 57.9 Å². The Morgan fingerprint density at radius 2 is 2.12 bits per heavy atom. The lowest BCUT2D eigenvalue weighted by Crippen LogP contribution is -2.36. The second-order valence-electron chi connectivity index (χ2n) is 5.06. The summed E-state index contributed by atoms with van der Waals surface area (Å²) < 4.78 is 0.897. The van der Waals surface area contributed by atoms with Crippen molar-refractivity contribution < 1.29 is 14.4 Å². The van der Waals surface area contributed by atoms with Crippen molar-refractivity contribution in [1.29, 1.82) is 0 Å². The number of carbonyl (C=O) groups is 3. The van der Waals surface area contributed by atoms with Crippen LogP contribution in [-0.4, -0.2) is 35.0 Å². The second kappa shape index (κ2) is 9.39. The van der Waals surface area contributed by atoms with Gasteiger partial charge in [0, 0.05) is 23.6 Å². The highest BCUT2D eigenvalue weighted by atomic mass is 79.9. The molecule has 1 saturated heterocycles. The Labute approximate surface area is 159 Å². The molecule has 0 atom stereocenters. The summed E-state index contributed by atoms with van der Waals surface area (Å²) in [5.41, 5.74) is 0.835. The number of nitrogens with zero attached hydrogens (tertiary/aromatic N) is 1. The first-order valence-electron chi connectivity index (χ1n) is 7.59. The number of carbonyl (C=O) groups excluding carboxylic acids is 3. The van der Waals surface area contributed by atoms with Crippen molar-refractivity contribution in [3.8, 4) is 0 Å². The molecule has 3 amide bonds. The molecule has 0 saturated carbocycles. The number of benzene rings is 1. The third-order valence-electron chi connectivity index (χ3n) is 3.21. The number of hydrogen-bond acceptors (Lipinski definition) is 4. The topological polar surface area (TPSA) is 66.5 Å². The highest BCUT2D eigenvalue weighted by Gasteiger charge is 2.34. The first kappa shape index (κ1) is 19.2. The molecular weight excluding hydrogens is 404 g/mol. The van der Waals surface area contributed by atoms with Gasteiger partial charge in [0.25, 0.3) is 11.1 Å². The minimum absolute atomic E-state index is 0.143. The molecule has 1 fully saturated rings. The van der Waals surface area contributed by atoms with E-state index >= 15 is 0 Å². The van der Waals surface area contributed by atoms with Gasteiger partial charge in [0.05, 0.1) is 4.91 Å². The zero-order valence-electron chi connectivity index (χ0n) is 13.6. The quantitative estimate of drug-likeness (QED) is 0.562. The number of hydrogen-bond donors (Lipinski definition) is 1. The van der Waals surface area contributed by atoms with Crippen LogP contribution in [-0.2, 0) is 9.59 Å². The largest absolute Gasteiger partial charge is 0.351 e. The number of halogens is 1. The van der Waals surface area contributed by atoms with Gasteiger partial charge in [-0.15, -0.1) is 0 Å². The van der Waals surface area contributed by atoms with Crippen molar-refractivity contribution >= 4 is 50.8 Å². The molecule has 25 heavy (non-hydrogen) atoms. The monoisotopic (exact) mass is 420 g/mol. The van der Waals surface area contributed by atoms with Crippen LogP contribution in [0.3, 0.4) is 0 Å². The Kier molecular flexibility index (Phi) is 7.21. The standard InChI is InChI=1S/C18H17BrN2O3S/c1-2-3-4-8-16(22)20-9-10-21-17(23)15(25-18(21)24)12-13-6-5-7-14(19)11-13/h2-8,11-12H,9-10H2,1H3,(H,20,22)/b3-2+,8-4+,15-12+. The minimum Gasteiger partial charge on any atom is -0.351 e. The number of allylic oxidation sites excluding steroid dienone is 3. The van der Waals surface area contributed by atoms with Crippen LogP contribution in [0, 0.1) is 0 Å². The summed E-state index contributed by atoms with van der Waals surface area (Å²) in [6.07, 6.45) is 8.25. The third-order valence-corrected chi connectivity index (χ3v) is 4.61. The summed E-state index contributed by atoms with van der Waals surface area (Å²) in [5, 5.41) is 2.31. The fourth-order valence-electron chi connectivity index (χ4n) is 2.04. The van der Waals surface area contributed by atoms with Crippen molar-refractivity contribution in [3.63, 3.8) is 0 Å². The van der Waals surface area contributed by atoms with Crippen molar-refractivity contribution in [1.82, 2.24) is 10.2 Å². The number of imide groups is 1. The SMILES string of the molecule is C/C=C/C=C/C(=O)NCCN1C(=O)S/C(=C/c2cccc(Br)c2)C1=O. The van der Waals surface area contributed by atoms with Crippen molar-refractivity contribution in [2.75, 3.05) is 13.1 Å². The molecular formula is C18H17BrN2O3S. The van der Waals surface area contributed by atoms with Gasteiger partial charge >= 0.3 is 0 Å². The molecule has 0 unspecified atom stereocenters. The van der Waals surface area contributed by atoms with E-state index in [2.05, 4.69) is 21.2 Å². The van der Waals surface area contributed by atoms with Crippen molar-refractivity contribution in [2.45, 2.75) is 6.92 Å². The van der Waals surface area contributed by atoms with E-state index in [4.69, 9.17) is 0 Å². The van der Waals surface area contributed by atoms with Gasteiger partial charge in [-0.05, 0) is 42.5 Å². The van der Waals surface area contributed by atoms with Crippen LogP contribution in [0.2, 0.25) is 0 Å². The fourth-order valence-corrected chi connectivity index (χ4v) is 3.33. The zero-order chi connectivity index (χ0) is 18.2. The molecule has 1 N–H and O–H groups in total. The van der Waals surface area contributed by atoms with Crippen molar-refractivity contribution in [2.24, 2.45) is 0 Å². The molecule has 5 nitrogen and oxygen atoms in total. The Balaban J connectivity index is 1.94. The van der Waals surface area contributed by atoms with Gasteiger partial charge in [-0.25, -0.2) is 0 Å². The lowest BCUT2D eigenvalue weighted by molar-refractivity contribution is -0.123. The van der Waals surface area contributed by atoms with Gasteiger partial charge in [-0.2, -0.15) is 0 Å². The molecule has 1 heterocycles. The van der Waals surface area contributed by atoms with Crippen molar-refractivity contribution in [3.05, 3.63) is 63.5 Å². The molecule has 7 heteroatoms. The maximum atomic E-state index is 12.4. The molecule has 1 aromatic carbocycles.